The van der Waals surface area contributed by atoms with E-state index in [0.717, 1.165) is 57.7 Å². The predicted molar refractivity (Wildman–Crippen MR) is 99.8 cm³/mol. The van der Waals surface area contributed by atoms with Crippen LogP contribution < -0.4 is 21.3 Å². The van der Waals surface area contributed by atoms with E-state index in [1.54, 1.807) is 0 Å². The fraction of sp³-hybridized carbons (Fsp3) is 0.579. The number of nitrogens with one attached hydrogen (secondary N) is 3. The minimum absolute atomic E-state index is 0.0216. The monoisotopic (exact) mass is 363 g/mol. The van der Waals surface area contributed by atoms with Gasteiger partial charge >= 0.3 is 6.03 Å². The Kier molecular flexibility index (Phi) is 8.92. The van der Waals surface area contributed by atoms with Crippen molar-refractivity contribution in [3.8, 4) is 0 Å². The van der Waals surface area contributed by atoms with E-state index in [9.17, 15) is 9.59 Å². The maximum atomic E-state index is 12.4. The zero-order chi connectivity index (χ0) is 18.6. The number of hydrogen-bond donors (Lipinski definition) is 4. The minimum Gasteiger partial charge on any atom is -0.370 e. The summed E-state index contributed by atoms with van der Waals surface area (Å²) in [6.45, 7) is 4.96. The molecular weight excluding hydrogens is 332 g/mol. The molecule has 1 saturated heterocycles. The van der Waals surface area contributed by atoms with Crippen LogP contribution in [-0.4, -0.2) is 51.3 Å². The number of ether oxygens (including phenoxy) is 1. The summed E-state index contributed by atoms with van der Waals surface area (Å²) < 4.78 is 5.43. The molecule has 0 saturated carbocycles. The normalized spacial score (nSPS) is 16.0. The second kappa shape index (κ2) is 11.5. The lowest BCUT2D eigenvalue weighted by Crippen LogP contribution is -3.14. The number of unbranched alkanes of at least 4 members (excludes halogenated alkanes) is 2. The Morgan fingerprint density at radius 3 is 2.54 bits per heavy atom. The van der Waals surface area contributed by atoms with Gasteiger partial charge in [0, 0.05) is 13.0 Å². The molecule has 7 heteroatoms. The van der Waals surface area contributed by atoms with Gasteiger partial charge in [-0.2, -0.15) is 0 Å². The van der Waals surface area contributed by atoms with Crippen LogP contribution in [-0.2, 0) is 9.53 Å². The molecule has 1 heterocycles. The van der Waals surface area contributed by atoms with Crippen LogP contribution in [0, 0.1) is 0 Å². The van der Waals surface area contributed by atoms with Crippen molar-refractivity contribution in [2.24, 2.45) is 5.73 Å². The van der Waals surface area contributed by atoms with Crippen molar-refractivity contribution in [2.45, 2.75) is 31.7 Å². The zero-order valence-corrected chi connectivity index (χ0v) is 15.3. The van der Waals surface area contributed by atoms with Gasteiger partial charge in [-0.15, -0.1) is 0 Å². The summed E-state index contributed by atoms with van der Waals surface area (Å²) in [6.07, 6.45) is 3.02. The van der Waals surface area contributed by atoms with E-state index >= 15 is 0 Å². The number of morpholine rings is 1. The minimum atomic E-state index is -0.501. The van der Waals surface area contributed by atoms with Crippen LogP contribution in [0.4, 0.5) is 4.79 Å². The van der Waals surface area contributed by atoms with E-state index in [1.165, 1.54) is 4.90 Å². The third-order valence-electron chi connectivity index (χ3n) is 4.61. The van der Waals surface area contributed by atoms with E-state index in [0.29, 0.717) is 13.0 Å². The lowest BCUT2D eigenvalue weighted by molar-refractivity contribution is -0.909. The van der Waals surface area contributed by atoms with E-state index in [2.05, 4.69) is 22.8 Å². The quantitative estimate of drug-likeness (QED) is 0.440. The molecule has 0 spiro atoms. The Labute approximate surface area is 155 Å². The smallest absolute Gasteiger partial charge is 0.312 e. The first-order valence-electron chi connectivity index (χ1n) is 9.44. The highest BCUT2D eigenvalue weighted by atomic mass is 16.5. The second-order valence-electron chi connectivity index (χ2n) is 6.70. The topological polar surface area (TPSA) is 97.9 Å². The number of carbonyl (C=O) groups is 2. The summed E-state index contributed by atoms with van der Waals surface area (Å²) in [5.41, 5.74) is 6.16. The van der Waals surface area contributed by atoms with E-state index < -0.39 is 6.03 Å². The van der Waals surface area contributed by atoms with Gasteiger partial charge in [-0.1, -0.05) is 36.8 Å². The molecule has 144 valence electrons. The number of carbonyl (C=O) groups excluding carboxylic acids is 2. The molecule has 0 unspecified atom stereocenters. The van der Waals surface area contributed by atoms with E-state index in [4.69, 9.17) is 10.5 Å². The molecule has 1 aromatic carbocycles. The molecule has 1 aliphatic heterocycles. The van der Waals surface area contributed by atoms with Gasteiger partial charge < -0.3 is 26.0 Å². The van der Waals surface area contributed by atoms with Gasteiger partial charge in [0.2, 0.25) is 5.91 Å². The Morgan fingerprint density at radius 2 is 1.85 bits per heavy atom. The Hall–Kier alpha value is -2.12. The summed E-state index contributed by atoms with van der Waals surface area (Å²) in [5.74, 6) is 0.0781. The van der Waals surface area contributed by atoms with Crippen LogP contribution in [0.1, 0.15) is 37.3 Å². The summed E-state index contributed by atoms with van der Waals surface area (Å²) in [5, 5.41) is 5.76. The molecule has 1 fully saturated rings. The molecule has 0 bridgehead atoms. The first kappa shape index (κ1) is 20.2. The number of nitrogens with two attached hydrogens (primary N) is 1. The van der Waals surface area contributed by atoms with Gasteiger partial charge in [0.15, 0.2) is 0 Å². The molecule has 3 amide bonds. The number of urea groups is 1. The first-order chi connectivity index (χ1) is 12.6. The number of primary amides is 1. The molecule has 5 N–H and O–H groups in total. The molecule has 1 aromatic rings. The Bertz CT molecular complexity index is 547. The molecule has 7 nitrogen and oxygen atoms in total. The highest BCUT2D eigenvalue weighted by Crippen LogP contribution is 2.11. The molecule has 26 heavy (non-hydrogen) atoms. The third-order valence-corrected chi connectivity index (χ3v) is 4.61. The van der Waals surface area contributed by atoms with Gasteiger partial charge in [-0.3, -0.25) is 4.79 Å². The molecule has 0 aromatic heterocycles. The predicted octanol–water partition coefficient (Wildman–Crippen LogP) is -0.0123. The molecule has 0 radical (unpaired) electrons. The van der Waals surface area contributed by atoms with Gasteiger partial charge in [-0.25, -0.2) is 4.79 Å². The van der Waals surface area contributed by atoms with Crippen LogP contribution >= 0.6 is 0 Å². The summed E-state index contributed by atoms with van der Waals surface area (Å²) in [6, 6.07) is 9.67. The van der Waals surface area contributed by atoms with Crippen molar-refractivity contribution >= 4 is 11.9 Å². The fourth-order valence-electron chi connectivity index (χ4n) is 3.16. The van der Waals surface area contributed by atoms with Gasteiger partial charge in [-0.05, 0) is 18.4 Å². The zero-order valence-electron chi connectivity index (χ0n) is 15.3. The van der Waals surface area contributed by atoms with Crippen LogP contribution in [0.3, 0.4) is 0 Å². The lowest BCUT2D eigenvalue weighted by atomic mass is 10.1. The molecule has 1 atom stereocenters. The van der Waals surface area contributed by atoms with Gasteiger partial charge in [0.25, 0.3) is 0 Å². The lowest BCUT2D eigenvalue weighted by Gasteiger charge is -2.28. The largest absolute Gasteiger partial charge is 0.370 e. The summed E-state index contributed by atoms with van der Waals surface area (Å²) in [7, 11) is 0. The van der Waals surface area contributed by atoms with Crippen molar-refractivity contribution in [3.05, 3.63) is 35.9 Å². The first-order valence-corrected chi connectivity index (χ1v) is 9.44. The van der Waals surface area contributed by atoms with Crippen molar-refractivity contribution in [1.82, 2.24) is 10.6 Å². The molecular formula is C19H31N4O3+. The maximum absolute atomic E-state index is 12.4. The van der Waals surface area contributed by atoms with Crippen molar-refractivity contribution in [3.63, 3.8) is 0 Å². The highest BCUT2D eigenvalue weighted by Gasteiger charge is 2.22. The summed E-state index contributed by atoms with van der Waals surface area (Å²) >= 11 is 0. The standard InChI is InChI=1S/C19H30N4O3/c20-19(25)21-10-6-2-5-9-18(24)22-17(16-7-3-1-4-8-16)15-23-11-13-26-14-12-23/h1,3-4,7-8,17H,2,5-6,9-15H2,(H,22,24)(H3,20,21,25)/p+1/t17-/m0/s1. The average molecular weight is 363 g/mol. The number of benzene rings is 1. The van der Waals surface area contributed by atoms with Crippen molar-refractivity contribution < 1.29 is 19.2 Å². The van der Waals surface area contributed by atoms with E-state index in [-0.39, 0.29) is 11.9 Å². The van der Waals surface area contributed by atoms with Crippen molar-refractivity contribution in [1.29, 1.82) is 0 Å². The van der Waals surface area contributed by atoms with Gasteiger partial charge in [0.05, 0.1) is 13.2 Å². The number of rotatable bonds is 10. The summed E-state index contributed by atoms with van der Waals surface area (Å²) in [4.78, 5) is 24.4. The Morgan fingerprint density at radius 1 is 1.12 bits per heavy atom. The highest BCUT2D eigenvalue weighted by molar-refractivity contribution is 5.76. The molecule has 1 aliphatic rings. The van der Waals surface area contributed by atoms with Crippen LogP contribution in [0.25, 0.3) is 0 Å². The van der Waals surface area contributed by atoms with Crippen LogP contribution in [0.2, 0.25) is 0 Å². The molecule has 0 aliphatic carbocycles. The Balaban J connectivity index is 1.77. The number of hydrogen-bond acceptors (Lipinski definition) is 3. The molecule has 2 rings (SSSR count). The number of quaternary nitrogens is 1. The average Bonchev–Trinajstić information content (AvgIpc) is 2.65. The SMILES string of the molecule is NC(=O)NCCCCCC(=O)N[C@@H](C[NH+]1CCOCC1)c1ccccc1. The third kappa shape index (κ3) is 7.84. The fourth-order valence-corrected chi connectivity index (χ4v) is 3.16. The van der Waals surface area contributed by atoms with Crippen molar-refractivity contribution in [2.75, 3.05) is 39.4 Å². The maximum Gasteiger partial charge on any atom is 0.312 e. The van der Waals surface area contributed by atoms with Crippen LogP contribution in [0.5, 0.6) is 0 Å². The second-order valence-corrected chi connectivity index (χ2v) is 6.70. The van der Waals surface area contributed by atoms with E-state index in [1.807, 2.05) is 18.2 Å². The van der Waals surface area contributed by atoms with Crippen LogP contribution in [0.15, 0.2) is 30.3 Å². The number of amides is 3. The van der Waals surface area contributed by atoms with Gasteiger partial charge in [0.1, 0.15) is 25.7 Å².